The van der Waals surface area contributed by atoms with E-state index in [1.807, 2.05) is 0 Å². The largest absolute Gasteiger partial charge is 0.396 e. The summed E-state index contributed by atoms with van der Waals surface area (Å²) in [6.07, 6.45) is 0.538. The molecule has 0 atom stereocenters. The van der Waals surface area contributed by atoms with Crippen LogP contribution in [-0.4, -0.2) is 41.5 Å². The number of amides is 2. The lowest BCUT2D eigenvalue weighted by molar-refractivity contribution is 0.0687. The molecule has 0 fully saturated rings. The molecule has 0 aliphatic heterocycles. The molecule has 5 nitrogen and oxygen atoms in total. The summed E-state index contributed by atoms with van der Waals surface area (Å²) in [5.41, 5.74) is 5.52. The van der Waals surface area contributed by atoms with Gasteiger partial charge in [-0.3, -0.25) is 9.59 Å². The minimum absolute atomic E-state index is 0.0328. The van der Waals surface area contributed by atoms with Gasteiger partial charge in [0.05, 0.1) is 10.4 Å². The summed E-state index contributed by atoms with van der Waals surface area (Å²) < 4.78 is 0. The number of carbonyl (C=O) groups is 2. The zero-order valence-corrected chi connectivity index (χ0v) is 13.0. The van der Waals surface area contributed by atoms with Crippen molar-refractivity contribution in [2.75, 3.05) is 19.7 Å². The van der Waals surface area contributed by atoms with Crippen molar-refractivity contribution in [2.45, 2.75) is 27.2 Å². The molecule has 20 heavy (non-hydrogen) atoms. The SMILES string of the molecule is CC(C)(C)CN(CCCO)C(=O)c1cc(C(N)=O)cs1. The number of primary amides is 1. The fraction of sp³-hybridized carbons (Fsp3) is 0.571. The van der Waals surface area contributed by atoms with Crippen molar-refractivity contribution in [2.24, 2.45) is 11.1 Å². The molecule has 1 aromatic rings. The molecule has 0 aliphatic carbocycles. The Kier molecular flexibility index (Phi) is 5.71. The number of nitrogens with zero attached hydrogens (tertiary/aromatic N) is 1. The van der Waals surface area contributed by atoms with E-state index in [-0.39, 0.29) is 17.9 Å². The van der Waals surface area contributed by atoms with Gasteiger partial charge in [0.1, 0.15) is 0 Å². The van der Waals surface area contributed by atoms with E-state index < -0.39 is 5.91 Å². The van der Waals surface area contributed by atoms with Crippen molar-refractivity contribution in [1.82, 2.24) is 4.90 Å². The van der Waals surface area contributed by atoms with E-state index in [9.17, 15) is 9.59 Å². The van der Waals surface area contributed by atoms with Crippen LogP contribution < -0.4 is 5.73 Å². The predicted molar refractivity (Wildman–Crippen MR) is 79.9 cm³/mol. The van der Waals surface area contributed by atoms with Crippen LogP contribution in [0.1, 0.15) is 47.2 Å². The highest BCUT2D eigenvalue weighted by Gasteiger charge is 2.23. The molecule has 1 heterocycles. The average molecular weight is 298 g/mol. The quantitative estimate of drug-likeness (QED) is 0.838. The molecule has 0 saturated heterocycles. The van der Waals surface area contributed by atoms with Gasteiger partial charge in [0, 0.05) is 25.1 Å². The molecule has 2 amide bonds. The van der Waals surface area contributed by atoms with Gasteiger partial charge < -0.3 is 15.7 Å². The first-order chi connectivity index (χ1) is 9.24. The molecule has 0 aromatic carbocycles. The Balaban J connectivity index is 2.87. The number of thiophene rings is 1. The van der Waals surface area contributed by atoms with Crippen LogP contribution in [-0.2, 0) is 0 Å². The van der Waals surface area contributed by atoms with E-state index in [0.29, 0.717) is 30.0 Å². The molecule has 112 valence electrons. The zero-order valence-electron chi connectivity index (χ0n) is 12.2. The van der Waals surface area contributed by atoms with Crippen molar-refractivity contribution < 1.29 is 14.7 Å². The molecule has 6 heteroatoms. The number of rotatable bonds is 6. The van der Waals surface area contributed by atoms with E-state index in [1.54, 1.807) is 10.3 Å². The normalized spacial score (nSPS) is 11.4. The van der Waals surface area contributed by atoms with Gasteiger partial charge in [-0.05, 0) is 17.9 Å². The van der Waals surface area contributed by atoms with E-state index in [4.69, 9.17) is 10.8 Å². The third kappa shape index (κ3) is 4.94. The molecule has 0 aliphatic rings. The molecular formula is C14H22N2O3S. The van der Waals surface area contributed by atoms with Crippen molar-refractivity contribution >= 4 is 23.2 Å². The summed E-state index contributed by atoms with van der Waals surface area (Å²) in [6, 6.07) is 1.53. The molecule has 1 aromatic heterocycles. The molecule has 0 radical (unpaired) electrons. The monoisotopic (exact) mass is 298 g/mol. The minimum atomic E-state index is -0.530. The Morgan fingerprint density at radius 1 is 1.40 bits per heavy atom. The van der Waals surface area contributed by atoms with Gasteiger partial charge in [0.2, 0.25) is 5.91 Å². The molecule has 0 saturated carbocycles. The van der Waals surface area contributed by atoms with Gasteiger partial charge in [-0.25, -0.2) is 0 Å². The van der Waals surface area contributed by atoms with Crippen molar-refractivity contribution in [3.05, 3.63) is 21.9 Å². The maximum absolute atomic E-state index is 12.5. The van der Waals surface area contributed by atoms with Crippen LogP contribution in [0.15, 0.2) is 11.4 Å². The van der Waals surface area contributed by atoms with E-state index in [1.165, 1.54) is 17.4 Å². The third-order valence-corrected chi connectivity index (χ3v) is 3.55. The van der Waals surface area contributed by atoms with Gasteiger partial charge in [0.15, 0.2) is 0 Å². The Bertz CT molecular complexity index is 477. The number of nitrogens with two attached hydrogens (primary N) is 1. The van der Waals surface area contributed by atoms with Crippen molar-refractivity contribution in [3.8, 4) is 0 Å². The summed E-state index contributed by atoms with van der Waals surface area (Å²) in [6.45, 7) is 7.29. The van der Waals surface area contributed by atoms with Crippen LogP contribution in [0, 0.1) is 5.41 Å². The summed E-state index contributed by atoms with van der Waals surface area (Å²) >= 11 is 1.22. The maximum atomic E-state index is 12.5. The second-order valence-electron chi connectivity index (χ2n) is 5.93. The predicted octanol–water partition coefficient (Wildman–Crippen LogP) is 1.72. The molecule has 0 unspecified atom stereocenters. The highest BCUT2D eigenvalue weighted by molar-refractivity contribution is 7.12. The van der Waals surface area contributed by atoms with E-state index >= 15 is 0 Å². The van der Waals surface area contributed by atoms with Crippen molar-refractivity contribution in [1.29, 1.82) is 0 Å². The van der Waals surface area contributed by atoms with Gasteiger partial charge in [-0.15, -0.1) is 11.3 Å². The Morgan fingerprint density at radius 3 is 2.50 bits per heavy atom. The minimum Gasteiger partial charge on any atom is -0.396 e. The molecule has 3 N–H and O–H groups in total. The average Bonchev–Trinajstić information content (AvgIpc) is 2.81. The first-order valence-electron chi connectivity index (χ1n) is 6.53. The van der Waals surface area contributed by atoms with Crippen LogP contribution in [0.2, 0.25) is 0 Å². The summed E-state index contributed by atoms with van der Waals surface area (Å²) in [4.78, 5) is 25.8. The maximum Gasteiger partial charge on any atom is 0.263 e. The van der Waals surface area contributed by atoms with Crippen LogP contribution >= 0.6 is 11.3 Å². The number of hydrogen-bond acceptors (Lipinski definition) is 4. The molecule has 1 rings (SSSR count). The second kappa shape index (κ2) is 6.85. The lowest BCUT2D eigenvalue weighted by atomic mass is 9.96. The first kappa shape index (κ1) is 16.7. The Morgan fingerprint density at radius 2 is 2.05 bits per heavy atom. The lowest BCUT2D eigenvalue weighted by Gasteiger charge is -2.29. The summed E-state index contributed by atoms with van der Waals surface area (Å²) in [7, 11) is 0. The summed E-state index contributed by atoms with van der Waals surface area (Å²) in [5, 5.41) is 10.5. The molecule has 0 bridgehead atoms. The Hall–Kier alpha value is -1.40. The van der Waals surface area contributed by atoms with Gasteiger partial charge in [0.25, 0.3) is 5.91 Å². The van der Waals surface area contributed by atoms with Crippen LogP contribution in [0.5, 0.6) is 0 Å². The van der Waals surface area contributed by atoms with Gasteiger partial charge >= 0.3 is 0 Å². The number of hydrogen-bond donors (Lipinski definition) is 2. The van der Waals surface area contributed by atoms with Crippen LogP contribution in [0.25, 0.3) is 0 Å². The number of carbonyl (C=O) groups excluding carboxylic acids is 2. The van der Waals surface area contributed by atoms with Gasteiger partial charge in [-0.1, -0.05) is 20.8 Å². The Labute approximate surface area is 123 Å². The fourth-order valence-electron chi connectivity index (χ4n) is 1.82. The topological polar surface area (TPSA) is 83.6 Å². The third-order valence-electron chi connectivity index (χ3n) is 2.63. The fourth-order valence-corrected chi connectivity index (χ4v) is 2.68. The molecule has 0 spiro atoms. The van der Waals surface area contributed by atoms with Crippen molar-refractivity contribution in [3.63, 3.8) is 0 Å². The highest BCUT2D eigenvalue weighted by atomic mass is 32.1. The van der Waals surface area contributed by atoms with Crippen LogP contribution in [0.4, 0.5) is 0 Å². The van der Waals surface area contributed by atoms with Crippen LogP contribution in [0.3, 0.4) is 0 Å². The summed E-state index contributed by atoms with van der Waals surface area (Å²) in [5.74, 6) is -0.649. The number of aliphatic hydroxyl groups excluding tert-OH is 1. The smallest absolute Gasteiger partial charge is 0.263 e. The lowest BCUT2D eigenvalue weighted by Crippen LogP contribution is -2.38. The number of aliphatic hydroxyl groups is 1. The zero-order chi connectivity index (χ0) is 15.3. The molecular weight excluding hydrogens is 276 g/mol. The van der Waals surface area contributed by atoms with Gasteiger partial charge in [-0.2, -0.15) is 0 Å². The van der Waals surface area contributed by atoms with E-state index in [0.717, 1.165) is 0 Å². The standard InChI is InChI=1S/C14H22N2O3S/c1-14(2,3)9-16(5-4-6-17)13(19)11-7-10(8-20-11)12(15)18/h7-8,17H,4-6,9H2,1-3H3,(H2,15,18). The first-order valence-corrected chi connectivity index (χ1v) is 7.41. The highest BCUT2D eigenvalue weighted by Crippen LogP contribution is 2.21. The van der Waals surface area contributed by atoms with E-state index in [2.05, 4.69) is 20.8 Å². The second-order valence-corrected chi connectivity index (χ2v) is 6.84.